The van der Waals surface area contributed by atoms with Gasteiger partial charge < -0.3 is 5.32 Å². The third-order valence-corrected chi connectivity index (χ3v) is 5.19. The number of nitrogens with zero attached hydrogens (tertiary/aromatic N) is 3. The molecule has 0 saturated heterocycles. The Hall–Kier alpha value is -1.55. The highest BCUT2D eigenvalue weighted by molar-refractivity contribution is 5.94. The van der Waals surface area contributed by atoms with Crippen molar-refractivity contribution in [1.29, 1.82) is 0 Å². The number of hydrazine groups is 1. The van der Waals surface area contributed by atoms with Gasteiger partial charge in [-0.15, -0.1) is 0 Å². The number of rotatable bonds is 8. The van der Waals surface area contributed by atoms with Gasteiger partial charge in [-0.1, -0.05) is 25.5 Å². The first-order chi connectivity index (χ1) is 11.6. The monoisotopic (exact) mass is 328 g/mol. The smallest absolute Gasteiger partial charge is 0.142 e. The summed E-state index contributed by atoms with van der Waals surface area (Å²) < 4.78 is 0. The van der Waals surface area contributed by atoms with Gasteiger partial charge in [0.25, 0.3) is 0 Å². The van der Waals surface area contributed by atoms with Crippen LogP contribution in [0.5, 0.6) is 0 Å². The van der Waals surface area contributed by atoms with Crippen LogP contribution in [0.4, 0.5) is 0 Å². The highest BCUT2D eigenvalue weighted by Crippen LogP contribution is 2.44. The molecule has 1 atom stereocenters. The molecular formula is C20H32N4. The molecule has 0 amide bonds. The van der Waals surface area contributed by atoms with Gasteiger partial charge in [0.05, 0.1) is 0 Å². The topological polar surface area (TPSA) is 30.9 Å². The lowest BCUT2D eigenvalue weighted by atomic mass is 10.1. The summed E-state index contributed by atoms with van der Waals surface area (Å²) in [6, 6.07) is 0.538. The lowest BCUT2D eigenvalue weighted by molar-refractivity contribution is 0.0975. The Balaban J connectivity index is 1.75. The first-order valence-electron chi connectivity index (χ1n) is 9.45. The Morgan fingerprint density at radius 1 is 1.38 bits per heavy atom. The van der Waals surface area contributed by atoms with Crippen molar-refractivity contribution in [1.82, 2.24) is 15.3 Å². The molecular weight excluding hydrogens is 296 g/mol. The van der Waals surface area contributed by atoms with Crippen LogP contribution in [0, 0.1) is 11.8 Å². The van der Waals surface area contributed by atoms with E-state index in [1.807, 2.05) is 7.05 Å². The number of nitrogens with one attached hydrogen (secondary N) is 1. The lowest BCUT2D eigenvalue weighted by Gasteiger charge is -2.33. The maximum absolute atomic E-state index is 4.79. The Kier molecular flexibility index (Phi) is 5.44. The largest absolute Gasteiger partial charge is 0.392 e. The molecule has 2 fully saturated rings. The van der Waals surface area contributed by atoms with E-state index < -0.39 is 0 Å². The molecule has 2 aliphatic carbocycles. The summed E-state index contributed by atoms with van der Waals surface area (Å²) in [5.41, 5.74) is 2.51. The second-order valence-corrected chi connectivity index (χ2v) is 7.29. The zero-order valence-electron chi connectivity index (χ0n) is 15.5. The molecule has 0 aromatic heterocycles. The predicted molar refractivity (Wildman–Crippen MR) is 101 cm³/mol. The molecule has 3 aliphatic rings. The number of amidine groups is 1. The van der Waals surface area contributed by atoms with Crippen molar-refractivity contribution in [2.45, 2.75) is 51.5 Å². The Morgan fingerprint density at radius 2 is 2.12 bits per heavy atom. The molecule has 0 aromatic rings. The molecule has 132 valence electrons. The molecule has 3 rings (SSSR count). The van der Waals surface area contributed by atoms with Gasteiger partial charge in [-0.3, -0.25) is 10.0 Å². The fourth-order valence-electron chi connectivity index (χ4n) is 3.36. The second-order valence-electron chi connectivity index (χ2n) is 7.29. The summed E-state index contributed by atoms with van der Waals surface area (Å²) >= 11 is 0. The first-order valence-corrected chi connectivity index (χ1v) is 9.45. The van der Waals surface area contributed by atoms with Crippen molar-refractivity contribution in [3.8, 4) is 0 Å². The SMILES string of the molecule is C=C(C/C=C\C(=N/CC)N1C(C2CC2)=CC(CC2CC2)N1C)NC. The summed E-state index contributed by atoms with van der Waals surface area (Å²) in [7, 11) is 4.15. The summed E-state index contributed by atoms with van der Waals surface area (Å²) in [6.07, 6.45) is 14.5. The van der Waals surface area contributed by atoms with Crippen molar-refractivity contribution in [3.63, 3.8) is 0 Å². The summed E-state index contributed by atoms with van der Waals surface area (Å²) in [6.45, 7) is 6.91. The molecule has 1 heterocycles. The van der Waals surface area contributed by atoms with Gasteiger partial charge >= 0.3 is 0 Å². The molecule has 2 saturated carbocycles. The number of hydrogen-bond donors (Lipinski definition) is 1. The molecule has 0 radical (unpaired) electrons. The van der Waals surface area contributed by atoms with Gasteiger partial charge in [-0.2, -0.15) is 0 Å². The minimum Gasteiger partial charge on any atom is -0.392 e. The molecule has 4 nitrogen and oxygen atoms in total. The maximum atomic E-state index is 4.79. The molecule has 1 unspecified atom stereocenters. The van der Waals surface area contributed by atoms with Crippen molar-refractivity contribution < 1.29 is 0 Å². The molecule has 0 bridgehead atoms. The Morgan fingerprint density at radius 3 is 2.71 bits per heavy atom. The molecule has 1 N–H and O–H groups in total. The van der Waals surface area contributed by atoms with Crippen LogP contribution >= 0.6 is 0 Å². The number of aliphatic imine (C=N–C) groups is 1. The van der Waals surface area contributed by atoms with E-state index in [4.69, 9.17) is 4.99 Å². The van der Waals surface area contributed by atoms with Crippen LogP contribution in [-0.4, -0.2) is 42.5 Å². The zero-order chi connectivity index (χ0) is 17.1. The van der Waals surface area contributed by atoms with Gasteiger partial charge in [0.2, 0.25) is 0 Å². The maximum Gasteiger partial charge on any atom is 0.142 e. The quantitative estimate of drug-likeness (QED) is 0.544. The second kappa shape index (κ2) is 7.56. The molecule has 24 heavy (non-hydrogen) atoms. The van der Waals surface area contributed by atoms with Crippen LogP contribution in [0.3, 0.4) is 0 Å². The van der Waals surface area contributed by atoms with E-state index in [-0.39, 0.29) is 0 Å². The van der Waals surface area contributed by atoms with Crippen LogP contribution in [-0.2, 0) is 0 Å². The zero-order valence-corrected chi connectivity index (χ0v) is 15.5. The van der Waals surface area contributed by atoms with Crippen LogP contribution in [0.1, 0.15) is 45.4 Å². The van der Waals surface area contributed by atoms with Crippen LogP contribution in [0.2, 0.25) is 0 Å². The predicted octanol–water partition coefficient (Wildman–Crippen LogP) is 3.71. The number of likely N-dealkylation sites (N-methyl/N-ethyl adjacent to an activating group) is 1. The van der Waals surface area contributed by atoms with Gasteiger partial charge in [-0.25, -0.2) is 5.01 Å². The normalized spacial score (nSPS) is 25.5. The van der Waals surface area contributed by atoms with Gasteiger partial charge in [0, 0.05) is 50.4 Å². The van der Waals surface area contributed by atoms with Gasteiger partial charge in [0.1, 0.15) is 5.84 Å². The number of allylic oxidation sites excluding steroid dienone is 2. The Bertz CT molecular complexity index is 552. The van der Waals surface area contributed by atoms with Gasteiger partial charge in [0.15, 0.2) is 0 Å². The Labute approximate surface area is 147 Å². The third kappa shape index (κ3) is 4.10. The fourth-order valence-corrected chi connectivity index (χ4v) is 3.36. The lowest BCUT2D eigenvalue weighted by Crippen LogP contribution is -2.43. The highest BCUT2D eigenvalue weighted by Gasteiger charge is 2.41. The molecule has 0 spiro atoms. The van der Waals surface area contributed by atoms with Crippen LogP contribution < -0.4 is 5.32 Å². The van der Waals surface area contributed by atoms with Gasteiger partial charge in [-0.05, 0) is 44.3 Å². The van der Waals surface area contributed by atoms with E-state index >= 15 is 0 Å². The standard InChI is InChI=1S/C20H32N4/c1-5-22-20(8-6-7-15(2)21-3)24-19(17-11-12-17)14-18(23(24)4)13-16-9-10-16/h6,8,14,16-18,21H,2,5,7,9-13H2,1,3-4H3/b8-6-,22-20+. The van der Waals surface area contributed by atoms with E-state index in [2.05, 4.69) is 54.1 Å². The van der Waals surface area contributed by atoms with E-state index in [0.29, 0.717) is 6.04 Å². The molecule has 1 aliphatic heterocycles. The third-order valence-electron chi connectivity index (χ3n) is 5.19. The first kappa shape index (κ1) is 17.3. The summed E-state index contributed by atoms with van der Waals surface area (Å²) in [5, 5.41) is 7.90. The molecule has 4 heteroatoms. The molecule has 0 aromatic carbocycles. The average molecular weight is 329 g/mol. The van der Waals surface area contributed by atoms with Crippen molar-refractivity contribution in [2.75, 3.05) is 20.6 Å². The van der Waals surface area contributed by atoms with Crippen molar-refractivity contribution in [2.24, 2.45) is 16.8 Å². The van der Waals surface area contributed by atoms with E-state index in [1.165, 1.54) is 37.8 Å². The van der Waals surface area contributed by atoms with E-state index in [9.17, 15) is 0 Å². The summed E-state index contributed by atoms with van der Waals surface area (Å²) in [5.74, 6) is 2.75. The average Bonchev–Trinajstić information content (AvgIpc) is 3.47. The van der Waals surface area contributed by atoms with Crippen molar-refractivity contribution >= 4 is 5.84 Å². The minimum atomic E-state index is 0.538. The number of hydrogen-bond acceptors (Lipinski definition) is 3. The fraction of sp³-hybridized carbons (Fsp3) is 0.650. The minimum absolute atomic E-state index is 0.538. The van der Waals surface area contributed by atoms with E-state index in [0.717, 1.165) is 36.3 Å². The summed E-state index contributed by atoms with van der Waals surface area (Å²) in [4.78, 5) is 4.79. The highest BCUT2D eigenvalue weighted by atomic mass is 15.7. The van der Waals surface area contributed by atoms with Crippen LogP contribution in [0.25, 0.3) is 0 Å². The van der Waals surface area contributed by atoms with Crippen molar-refractivity contribution in [3.05, 3.63) is 36.2 Å². The van der Waals surface area contributed by atoms with Crippen LogP contribution in [0.15, 0.2) is 41.2 Å². The van der Waals surface area contributed by atoms with E-state index in [1.54, 1.807) is 0 Å².